The first-order chi connectivity index (χ1) is 7.60. The first kappa shape index (κ1) is 11.5. The number of nitrogens with zero attached hydrogens (tertiary/aromatic N) is 2. The van der Waals surface area contributed by atoms with Gasteiger partial charge in [0.25, 0.3) is 0 Å². The second-order valence-electron chi connectivity index (χ2n) is 3.65. The Labute approximate surface area is 108 Å². The Morgan fingerprint density at radius 3 is 2.25 bits per heavy atom. The number of hydrogen-bond donors (Lipinski definition) is 1. The predicted octanol–water partition coefficient (Wildman–Crippen LogP) is 2.34. The predicted molar refractivity (Wildman–Crippen MR) is 69.9 cm³/mol. The summed E-state index contributed by atoms with van der Waals surface area (Å²) in [6, 6.07) is 9.41. The van der Waals surface area contributed by atoms with Gasteiger partial charge in [-0.2, -0.15) is 0 Å². The molecule has 4 heteroatoms. The highest BCUT2D eigenvalue weighted by Gasteiger charge is 2.28. The lowest BCUT2D eigenvalue weighted by molar-refractivity contribution is 0.0921. The van der Waals surface area contributed by atoms with Gasteiger partial charge in [0.05, 0.1) is 0 Å². The monoisotopic (exact) mass is 326 g/mol. The highest BCUT2D eigenvalue weighted by atomic mass is 127. The highest BCUT2D eigenvalue weighted by Crippen LogP contribution is 2.26. The van der Waals surface area contributed by atoms with E-state index in [-0.39, 0.29) is 0 Å². The van der Waals surface area contributed by atoms with Crippen LogP contribution >= 0.6 is 22.6 Å². The third-order valence-corrected chi connectivity index (χ3v) is 3.13. The van der Waals surface area contributed by atoms with Gasteiger partial charge >= 0.3 is 0 Å². The zero-order chi connectivity index (χ0) is 11.6. The molecule has 0 bridgehead atoms. The molecule has 82 valence electrons. The molecule has 1 heterocycles. The van der Waals surface area contributed by atoms with Gasteiger partial charge in [0.15, 0.2) is 5.82 Å². The number of rotatable bonds is 2. The molecule has 1 aromatic heterocycles. The van der Waals surface area contributed by atoms with Crippen LogP contribution in [-0.2, 0) is 5.60 Å². The minimum absolute atomic E-state index is 0.413. The maximum Gasteiger partial charge on any atom is 0.164 e. The fourth-order valence-electron chi connectivity index (χ4n) is 1.45. The molecule has 0 radical (unpaired) electrons. The third kappa shape index (κ3) is 2.22. The van der Waals surface area contributed by atoms with Crippen molar-refractivity contribution in [1.29, 1.82) is 0 Å². The second kappa shape index (κ2) is 4.47. The van der Waals surface area contributed by atoms with Crippen LogP contribution in [0.5, 0.6) is 0 Å². The van der Waals surface area contributed by atoms with E-state index in [1.165, 1.54) is 0 Å². The van der Waals surface area contributed by atoms with E-state index in [4.69, 9.17) is 0 Å². The molecule has 2 aromatic rings. The molecule has 1 aromatic carbocycles. The van der Waals surface area contributed by atoms with E-state index < -0.39 is 5.60 Å². The van der Waals surface area contributed by atoms with Gasteiger partial charge < -0.3 is 5.11 Å². The molecule has 3 nitrogen and oxygen atoms in total. The Morgan fingerprint density at radius 2 is 1.69 bits per heavy atom. The summed E-state index contributed by atoms with van der Waals surface area (Å²) in [6.45, 7) is 1.70. The lowest BCUT2D eigenvalue weighted by Gasteiger charge is -2.21. The van der Waals surface area contributed by atoms with Crippen LogP contribution in [0.25, 0.3) is 0 Å². The summed E-state index contributed by atoms with van der Waals surface area (Å²) in [6.07, 6.45) is 3.26. The van der Waals surface area contributed by atoms with Crippen molar-refractivity contribution in [2.45, 2.75) is 12.5 Å². The van der Waals surface area contributed by atoms with Crippen molar-refractivity contribution in [1.82, 2.24) is 9.97 Å². The van der Waals surface area contributed by atoms with Crippen LogP contribution in [0.2, 0.25) is 0 Å². The van der Waals surface area contributed by atoms with Gasteiger partial charge in [-0.05, 0) is 53.3 Å². The molecule has 0 aliphatic carbocycles. The SMILES string of the molecule is CC(O)(c1ccc(I)cc1)c1ncccn1. The Hall–Kier alpha value is -1.01. The molecular formula is C12H11IN2O. The summed E-state index contributed by atoms with van der Waals surface area (Å²) >= 11 is 2.23. The van der Waals surface area contributed by atoms with Crippen LogP contribution in [0, 0.1) is 3.57 Å². The average Bonchev–Trinajstić information content (AvgIpc) is 2.31. The third-order valence-electron chi connectivity index (χ3n) is 2.41. The summed E-state index contributed by atoms with van der Waals surface area (Å²) in [5.74, 6) is 0.413. The summed E-state index contributed by atoms with van der Waals surface area (Å²) < 4.78 is 1.13. The number of aliphatic hydroxyl groups is 1. The van der Waals surface area contributed by atoms with Crippen LogP contribution in [0.3, 0.4) is 0 Å². The highest BCUT2D eigenvalue weighted by molar-refractivity contribution is 14.1. The number of benzene rings is 1. The van der Waals surface area contributed by atoms with E-state index in [1.807, 2.05) is 24.3 Å². The van der Waals surface area contributed by atoms with Crippen LogP contribution in [0.1, 0.15) is 18.3 Å². The van der Waals surface area contributed by atoms with Crippen molar-refractivity contribution in [3.8, 4) is 0 Å². The zero-order valence-corrected chi connectivity index (χ0v) is 10.9. The average molecular weight is 326 g/mol. The first-order valence-corrected chi connectivity index (χ1v) is 5.94. The quantitative estimate of drug-likeness (QED) is 0.862. The number of halogens is 1. The lowest BCUT2D eigenvalue weighted by atomic mass is 9.95. The van der Waals surface area contributed by atoms with Crippen molar-refractivity contribution in [2.75, 3.05) is 0 Å². The van der Waals surface area contributed by atoms with E-state index in [2.05, 4.69) is 32.6 Å². The summed E-state index contributed by atoms with van der Waals surface area (Å²) in [4.78, 5) is 8.17. The van der Waals surface area contributed by atoms with Crippen molar-refractivity contribution < 1.29 is 5.11 Å². The Bertz CT molecular complexity index is 468. The minimum atomic E-state index is -1.15. The van der Waals surface area contributed by atoms with Gasteiger partial charge in [-0.1, -0.05) is 12.1 Å². The van der Waals surface area contributed by atoms with E-state index in [0.29, 0.717) is 5.82 Å². The maximum atomic E-state index is 10.4. The summed E-state index contributed by atoms with van der Waals surface area (Å²) in [7, 11) is 0. The van der Waals surface area contributed by atoms with Crippen LogP contribution in [0.15, 0.2) is 42.7 Å². The van der Waals surface area contributed by atoms with E-state index >= 15 is 0 Å². The normalized spacial score (nSPS) is 14.4. The molecule has 0 saturated heterocycles. The second-order valence-corrected chi connectivity index (χ2v) is 4.90. The number of hydrogen-bond acceptors (Lipinski definition) is 3. The van der Waals surface area contributed by atoms with Crippen LogP contribution in [-0.4, -0.2) is 15.1 Å². The number of aromatic nitrogens is 2. The standard InChI is InChI=1S/C12H11IN2O/c1-12(16,11-14-7-2-8-15-11)9-3-5-10(13)6-4-9/h2-8,16H,1H3. The molecule has 0 spiro atoms. The minimum Gasteiger partial charge on any atom is -0.377 e. The molecule has 1 unspecified atom stereocenters. The van der Waals surface area contributed by atoms with Gasteiger partial charge in [-0.3, -0.25) is 0 Å². The largest absolute Gasteiger partial charge is 0.377 e. The van der Waals surface area contributed by atoms with Gasteiger partial charge in [-0.15, -0.1) is 0 Å². The van der Waals surface area contributed by atoms with Crippen molar-refractivity contribution >= 4 is 22.6 Å². The van der Waals surface area contributed by atoms with Gasteiger partial charge in [0.1, 0.15) is 5.60 Å². The zero-order valence-electron chi connectivity index (χ0n) is 8.76. The molecule has 1 atom stereocenters. The topological polar surface area (TPSA) is 46.0 Å². The van der Waals surface area contributed by atoms with Crippen LogP contribution in [0.4, 0.5) is 0 Å². The van der Waals surface area contributed by atoms with E-state index in [9.17, 15) is 5.11 Å². The molecule has 0 saturated carbocycles. The Balaban J connectivity index is 2.43. The van der Waals surface area contributed by atoms with E-state index in [1.54, 1.807) is 25.4 Å². The smallest absolute Gasteiger partial charge is 0.164 e. The van der Waals surface area contributed by atoms with Crippen molar-refractivity contribution in [2.24, 2.45) is 0 Å². The van der Waals surface area contributed by atoms with Gasteiger partial charge in [0.2, 0.25) is 0 Å². The summed E-state index contributed by atoms with van der Waals surface area (Å²) in [5.41, 5.74) is -0.356. The first-order valence-electron chi connectivity index (χ1n) is 4.86. The Kier molecular flexibility index (Phi) is 3.20. The molecule has 0 aliphatic heterocycles. The molecule has 2 rings (SSSR count). The van der Waals surface area contributed by atoms with Crippen molar-refractivity contribution in [3.05, 3.63) is 57.7 Å². The molecular weight excluding hydrogens is 315 g/mol. The van der Waals surface area contributed by atoms with Gasteiger partial charge in [-0.25, -0.2) is 9.97 Å². The molecule has 0 fully saturated rings. The maximum absolute atomic E-state index is 10.4. The fraction of sp³-hybridized carbons (Fsp3) is 0.167. The Morgan fingerprint density at radius 1 is 1.12 bits per heavy atom. The van der Waals surface area contributed by atoms with E-state index in [0.717, 1.165) is 9.13 Å². The van der Waals surface area contributed by atoms with Crippen molar-refractivity contribution in [3.63, 3.8) is 0 Å². The lowest BCUT2D eigenvalue weighted by Crippen LogP contribution is -2.25. The van der Waals surface area contributed by atoms with Crippen LogP contribution < -0.4 is 0 Å². The summed E-state index contributed by atoms with van der Waals surface area (Å²) in [5, 5.41) is 10.4. The molecule has 1 N–H and O–H groups in total. The fourth-order valence-corrected chi connectivity index (χ4v) is 1.81. The molecule has 0 amide bonds. The van der Waals surface area contributed by atoms with Gasteiger partial charge in [0, 0.05) is 16.0 Å². The molecule has 16 heavy (non-hydrogen) atoms. The molecule has 0 aliphatic rings.